The predicted octanol–water partition coefficient (Wildman–Crippen LogP) is 0.440. The molecule has 1 aromatic carbocycles. The summed E-state index contributed by atoms with van der Waals surface area (Å²) in [6.45, 7) is 0.421. The van der Waals surface area contributed by atoms with E-state index in [1.807, 2.05) is 29.6 Å². The zero-order valence-electron chi connectivity index (χ0n) is 9.53. The molecular formula is C11H15N3O3. The highest BCUT2D eigenvalue weighted by Gasteiger charge is 2.05. The molecule has 0 aliphatic carbocycles. The SMILES string of the molecule is COCc1ccccc1NCC(=O)NC(N)=O. The number of anilines is 1. The fourth-order valence-electron chi connectivity index (χ4n) is 1.33. The first-order chi connectivity index (χ1) is 8.13. The third kappa shape index (κ3) is 4.52. The van der Waals surface area contributed by atoms with Crippen LogP contribution in [0.5, 0.6) is 0 Å². The zero-order chi connectivity index (χ0) is 12.7. The number of para-hydroxylation sites is 1. The third-order valence-corrected chi connectivity index (χ3v) is 2.02. The number of hydrogen-bond acceptors (Lipinski definition) is 4. The molecule has 4 N–H and O–H groups in total. The number of urea groups is 1. The number of ether oxygens (including phenoxy) is 1. The average molecular weight is 237 g/mol. The van der Waals surface area contributed by atoms with Gasteiger partial charge in [0.05, 0.1) is 13.2 Å². The van der Waals surface area contributed by atoms with Crippen molar-refractivity contribution in [3.63, 3.8) is 0 Å². The van der Waals surface area contributed by atoms with E-state index < -0.39 is 11.9 Å². The summed E-state index contributed by atoms with van der Waals surface area (Å²) < 4.78 is 5.03. The molecule has 0 atom stereocenters. The van der Waals surface area contributed by atoms with E-state index in [0.29, 0.717) is 6.61 Å². The lowest BCUT2D eigenvalue weighted by Gasteiger charge is -2.10. The first-order valence-electron chi connectivity index (χ1n) is 5.03. The molecule has 0 fully saturated rings. The number of amides is 3. The van der Waals surface area contributed by atoms with Gasteiger partial charge < -0.3 is 15.8 Å². The number of nitrogens with one attached hydrogen (secondary N) is 2. The van der Waals surface area contributed by atoms with Gasteiger partial charge in [0.1, 0.15) is 0 Å². The van der Waals surface area contributed by atoms with Crippen molar-refractivity contribution in [3.8, 4) is 0 Å². The Labute approximate surface area is 99.1 Å². The number of carbonyl (C=O) groups is 2. The van der Waals surface area contributed by atoms with Gasteiger partial charge in [0.15, 0.2) is 0 Å². The highest BCUT2D eigenvalue weighted by molar-refractivity contribution is 5.95. The van der Waals surface area contributed by atoms with Gasteiger partial charge in [-0.15, -0.1) is 0 Å². The van der Waals surface area contributed by atoms with E-state index >= 15 is 0 Å². The molecule has 0 unspecified atom stereocenters. The summed E-state index contributed by atoms with van der Waals surface area (Å²) in [6.07, 6.45) is 0. The van der Waals surface area contributed by atoms with Crippen LogP contribution in [0.4, 0.5) is 10.5 Å². The van der Waals surface area contributed by atoms with E-state index in [1.54, 1.807) is 7.11 Å². The Hall–Kier alpha value is -2.08. The molecule has 0 aliphatic rings. The van der Waals surface area contributed by atoms with Crippen molar-refractivity contribution in [1.29, 1.82) is 0 Å². The molecule has 6 heteroatoms. The molecule has 0 spiro atoms. The van der Waals surface area contributed by atoms with E-state index in [9.17, 15) is 9.59 Å². The molecule has 0 radical (unpaired) electrons. The summed E-state index contributed by atoms with van der Waals surface area (Å²) >= 11 is 0. The summed E-state index contributed by atoms with van der Waals surface area (Å²) in [6, 6.07) is 6.57. The molecule has 6 nitrogen and oxygen atoms in total. The molecule has 0 bridgehead atoms. The van der Waals surface area contributed by atoms with E-state index in [4.69, 9.17) is 10.5 Å². The monoisotopic (exact) mass is 237 g/mol. The maximum Gasteiger partial charge on any atom is 0.318 e. The van der Waals surface area contributed by atoms with Crippen molar-refractivity contribution in [1.82, 2.24) is 5.32 Å². The van der Waals surface area contributed by atoms with Crippen LogP contribution in [-0.4, -0.2) is 25.6 Å². The van der Waals surface area contributed by atoms with Crippen LogP contribution in [-0.2, 0) is 16.1 Å². The fourth-order valence-corrected chi connectivity index (χ4v) is 1.33. The topological polar surface area (TPSA) is 93.4 Å². The lowest BCUT2D eigenvalue weighted by molar-refractivity contribution is -0.118. The van der Waals surface area contributed by atoms with Crippen molar-refractivity contribution in [2.24, 2.45) is 5.73 Å². The van der Waals surface area contributed by atoms with E-state index in [2.05, 4.69) is 5.32 Å². The van der Waals surface area contributed by atoms with Crippen LogP contribution in [0, 0.1) is 0 Å². The van der Waals surface area contributed by atoms with E-state index in [0.717, 1.165) is 11.3 Å². The number of carbonyl (C=O) groups excluding carboxylic acids is 2. The summed E-state index contributed by atoms with van der Waals surface area (Å²) in [7, 11) is 1.59. The Kier molecular flexibility index (Phi) is 4.96. The summed E-state index contributed by atoms with van der Waals surface area (Å²) in [5, 5.41) is 4.87. The molecule has 0 saturated carbocycles. The molecule has 0 heterocycles. The zero-order valence-corrected chi connectivity index (χ0v) is 9.53. The molecule has 1 aromatic rings. The Morgan fingerprint density at radius 1 is 1.35 bits per heavy atom. The van der Waals surface area contributed by atoms with Crippen molar-refractivity contribution in [2.45, 2.75) is 6.61 Å². The van der Waals surface area contributed by atoms with Gasteiger partial charge in [-0.05, 0) is 6.07 Å². The van der Waals surface area contributed by atoms with Crippen molar-refractivity contribution in [3.05, 3.63) is 29.8 Å². The highest BCUT2D eigenvalue weighted by atomic mass is 16.5. The quantitative estimate of drug-likeness (QED) is 0.692. The number of rotatable bonds is 5. The Morgan fingerprint density at radius 2 is 2.06 bits per heavy atom. The van der Waals surface area contributed by atoms with Crippen LogP contribution in [0.15, 0.2) is 24.3 Å². The molecule has 0 aliphatic heterocycles. The predicted molar refractivity (Wildman–Crippen MR) is 63.4 cm³/mol. The second-order valence-corrected chi connectivity index (χ2v) is 3.36. The lowest BCUT2D eigenvalue weighted by Crippen LogP contribution is -2.38. The van der Waals surface area contributed by atoms with Gasteiger partial charge in [0.2, 0.25) is 5.91 Å². The largest absolute Gasteiger partial charge is 0.380 e. The first-order valence-corrected chi connectivity index (χ1v) is 5.03. The van der Waals surface area contributed by atoms with Crippen molar-refractivity contribution in [2.75, 3.05) is 19.0 Å². The second-order valence-electron chi connectivity index (χ2n) is 3.36. The third-order valence-electron chi connectivity index (χ3n) is 2.02. The van der Waals surface area contributed by atoms with Crippen LogP contribution >= 0.6 is 0 Å². The Morgan fingerprint density at radius 3 is 2.71 bits per heavy atom. The van der Waals surface area contributed by atoms with Gasteiger partial charge in [-0.25, -0.2) is 4.79 Å². The van der Waals surface area contributed by atoms with Gasteiger partial charge >= 0.3 is 6.03 Å². The number of imide groups is 1. The number of primary amides is 1. The summed E-state index contributed by atoms with van der Waals surface area (Å²) in [5.41, 5.74) is 6.54. The van der Waals surface area contributed by atoms with Crippen LogP contribution < -0.4 is 16.4 Å². The van der Waals surface area contributed by atoms with Crippen LogP contribution in [0.25, 0.3) is 0 Å². The standard InChI is InChI=1S/C11H15N3O3/c1-17-7-8-4-2-3-5-9(8)13-6-10(15)14-11(12)16/h2-5,13H,6-7H2,1H3,(H3,12,14,15,16). The number of nitrogens with two attached hydrogens (primary N) is 1. The smallest absolute Gasteiger partial charge is 0.318 e. The average Bonchev–Trinajstić information content (AvgIpc) is 2.27. The van der Waals surface area contributed by atoms with Crippen molar-refractivity contribution >= 4 is 17.6 Å². The minimum atomic E-state index is -0.859. The highest BCUT2D eigenvalue weighted by Crippen LogP contribution is 2.15. The minimum Gasteiger partial charge on any atom is -0.380 e. The van der Waals surface area contributed by atoms with Gasteiger partial charge in [-0.1, -0.05) is 18.2 Å². The minimum absolute atomic E-state index is 0.0241. The summed E-state index contributed by atoms with van der Waals surface area (Å²) in [4.78, 5) is 21.6. The Balaban J connectivity index is 2.56. The van der Waals surface area contributed by atoms with Crippen LogP contribution in [0.1, 0.15) is 5.56 Å². The normalized spacial score (nSPS) is 9.71. The maximum absolute atomic E-state index is 11.2. The fraction of sp³-hybridized carbons (Fsp3) is 0.273. The molecule has 0 aromatic heterocycles. The van der Waals surface area contributed by atoms with Crippen LogP contribution in [0.2, 0.25) is 0 Å². The molecule has 3 amide bonds. The lowest BCUT2D eigenvalue weighted by atomic mass is 10.2. The number of hydrogen-bond donors (Lipinski definition) is 3. The Bertz CT molecular complexity index is 407. The first kappa shape index (κ1) is 13.0. The van der Waals surface area contributed by atoms with Gasteiger partial charge in [0.25, 0.3) is 0 Å². The molecule has 92 valence electrons. The van der Waals surface area contributed by atoms with Gasteiger partial charge in [0, 0.05) is 18.4 Å². The summed E-state index contributed by atoms with van der Waals surface area (Å²) in [5.74, 6) is -0.482. The van der Waals surface area contributed by atoms with E-state index in [-0.39, 0.29) is 6.54 Å². The number of methoxy groups -OCH3 is 1. The number of benzene rings is 1. The molecular weight excluding hydrogens is 222 g/mol. The van der Waals surface area contributed by atoms with Gasteiger partial charge in [-0.2, -0.15) is 0 Å². The van der Waals surface area contributed by atoms with Crippen LogP contribution in [0.3, 0.4) is 0 Å². The molecule has 0 saturated heterocycles. The molecule has 17 heavy (non-hydrogen) atoms. The maximum atomic E-state index is 11.2. The molecule has 1 rings (SSSR count). The van der Waals surface area contributed by atoms with Gasteiger partial charge in [-0.3, -0.25) is 10.1 Å². The van der Waals surface area contributed by atoms with Crippen molar-refractivity contribution < 1.29 is 14.3 Å². The second kappa shape index (κ2) is 6.49. The van der Waals surface area contributed by atoms with E-state index in [1.165, 1.54) is 0 Å².